The van der Waals surface area contributed by atoms with Crippen molar-refractivity contribution in [2.75, 3.05) is 19.8 Å². The van der Waals surface area contributed by atoms with Gasteiger partial charge in [-0.05, 0) is 37.5 Å². The van der Waals surface area contributed by atoms with E-state index in [0.29, 0.717) is 31.9 Å². The first-order valence-corrected chi connectivity index (χ1v) is 9.39. The maximum atomic E-state index is 12.1. The summed E-state index contributed by atoms with van der Waals surface area (Å²) in [5.74, 6) is 1.44. The molecule has 7 heteroatoms. The Balaban J connectivity index is 1.78. The quantitative estimate of drug-likeness (QED) is 0.643. The van der Waals surface area contributed by atoms with Crippen LogP contribution in [-0.4, -0.2) is 31.6 Å². The Morgan fingerprint density at radius 2 is 1.84 bits per heavy atom. The first kappa shape index (κ1) is 19.6. The molecule has 138 valence electrons. The highest BCUT2D eigenvalue weighted by atomic mass is 79.9. The van der Waals surface area contributed by atoms with E-state index in [0.717, 1.165) is 35.0 Å². The lowest BCUT2D eigenvalue weighted by molar-refractivity contribution is -0.122. The maximum absolute atomic E-state index is 12.1. The number of amides is 2. The zero-order valence-electron chi connectivity index (χ0n) is 14.7. The Morgan fingerprint density at radius 3 is 2.52 bits per heavy atom. The summed E-state index contributed by atoms with van der Waals surface area (Å²) in [5.41, 5.74) is 0.961. The van der Waals surface area contributed by atoms with E-state index in [2.05, 4.69) is 26.6 Å². The second kappa shape index (κ2) is 9.65. The van der Waals surface area contributed by atoms with Gasteiger partial charge in [-0.15, -0.1) is 0 Å². The van der Waals surface area contributed by atoms with Crippen molar-refractivity contribution in [2.24, 2.45) is 0 Å². The lowest BCUT2D eigenvalue weighted by atomic mass is 10.1. The fourth-order valence-electron chi connectivity index (χ4n) is 2.65. The number of ether oxygens (including phenoxy) is 2. The normalized spacial score (nSPS) is 13.9. The zero-order chi connectivity index (χ0) is 18.2. The van der Waals surface area contributed by atoms with E-state index in [9.17, 15) is 9.59 Å². The zero-order valence-corrected chi connectivity index (χ0v) is 16.3. The van der Waals surface area contributed by atoms with Crippen LogP contribution in [-0.2, 0) is 9.59 Å². The van der Waals surface area contributed by atoms with Crippen LogP contribution < -0.4 is 20.1 Å². The number of carbonyl (C=O) groups excluding carboxylic acids is 2. The molecule has 0 saturated heterocycles. The highest BCUT2D eigenvalue weighted by Crippen LogP contribution is 2.37. The topological polar surface area (TPSA) is 76.7 Å². The van der Waals surface area contributed by atoms with E-state index in [-0.39, 0.29) is 17.9 Å². The highest BCUT2D eigenvalue weighted by molar-refractivity contribution is 9.10. The van der Waals surface area contributed by atoms with E-state index >= 15 is 0 Å². The van der Waals surface area contributed by atoms with Gasteiger partial charge in [0.25, 0.3) is 0 Å². The molecule has 1 aromatic rings. The third kappa shape index (κ3) is 6.23. The van der Waals surface area contributed by atoms with Crippen LogP contribution in [0.15, 0.2) is 16.6 Å². The third-order valence-corrected chi connectivity index (χ3v) is 4.65. The highest BCUT2D eigenvalue weighted by Gasteiger charge is 2.19. The van der Waals surface area contributed by atoms with Gasteiger partial charge in [0.2, 0.25) is 11.8 Å². The molecular weight excluding hydrogens is 388 g/mol. The molecule has 0 fully saturated rings. The number of unbranched alkanes of at least 4 members (excludes halogenated alkanes) is 2. The van der Waals surface area contributed by atoms with Crippen molar-refractivity contribution in [1.82, 2.24) is 10.6 Å². The molecule has 1 aliphatic rings. The van der Waals surface area contributed by atoms with Crippen molar-refractivity contribution >= 4 is 27.7 Å². The second-order valence-corrected chi connectivity index (χ2v) is 6.95. The number of hydrogen-bond donors (Lipinski definition) is 2. The predicted molar refractivity (Wildman–Crippen MR) is 98.8 cm³/mol. The number of hydrogen-bond acceptors (Lipinski definition) is 4. The van der Waals surface area contributed by atoms with E-state index in [1.807, 2.05) is 19.1 Å². The van der Waals surface area contributed by atoms with Gasteiger partial charge in [0, 0.05) is 24.4 Å². The maximum Gasteiger partial charge on any atom is 0.220 e. The first-order chi connectivity index (χ1) is 12.0. The van der Waals surface area contributed by atoms with Crippen LogP contribution in [0.25, 0.3) is 0 Å². The number of halogens is 1. The Hall–Kier alpha value is -1.76. The van der Waals surface area contributed by atoms with Gasteiger partial charge in [-0.3, -0.25) is 9.59 Å². The molecule has 0 saturated carbocycles. The summed E-state index contributed by atoms with van der Waals surface area (Å²) >= 11 is 3.54. The van der Waals surface area contributed by atoms with Crippen molar-refractivity contribution in [3.8, 4) is 11.5 Å². The minimum atomic E-state index is -0.128. The number of carbonyl (C=O) groups is 2. The SMILES string of the molecule is CC(=O)NCCCCCC(=O)NC(C)c1cc2c(cc1Br)OCCO2. The van der Waals surface area contributed by atoms with Gasteiger partial charge in [0.15, 0.2) is 11.5 Å². The van der Waals surface area contributed by atoms with Crippen molar-refractivity contribution in [2.45, 2.75) is 45.6 Å². The van der Waals surface area contributed by atoms with E-state index in [4.69, 9.17) is 9.47 Å². The smallest absolute Gasteiger partial charge is 0.220 e. The molecule has 1 aliphatic heterocycles. The fourth-order valence-corrected chi connectivity index (χ4v) is 3.32. The molecule has 0 spiro atoms. The molecule has 0 aromatic heterocycles. The van der Waals surface area contributed by atoms with Crippen molar-refractivity contribution in [3.63, 3.8) is 0 Å². The average molecular weight is 413 g/mol. The van der Waals surface area contributed by atoms with Crippen LogP contribution in [0.2, 0.25) is 0 Å². The first-order valence-electron chi connectivity index (χ1n) is 8.60. The van der Waals surface area contributed by atoms with Gasteiger partial charge in [0.05, 0.1) is 6.04 Å². The summed E-state index contributed by atoms with van der Waals surface area (Å²) in [5, 5.41) is 5.77. The molecule has 2 rings (SSSR count). The molecule has 1 atom stereocenters. The minimum absolute atomic E-state index is 0.0171. The molecule has 1 aromatic carbocycles. The summed E-state index contributed by atoms with van der Waals surface area (Å²) in [4.78, 5) is 22.9. The van der Waals surface area contributed by atoms with E-state index < -0.39 is 0 Å². The summed E-state index contributed by atoms with van der Waals surface area (Å²) < 4.78 is 12.0. The number of fused-ring (bicyclic) bond motifs is 1. The van der Waals surface area contributed by atoms with Crippen molar-refractivity contribution in [3.05, 3.63) is 22.2 Å². The fraction of sp³-hybridized carbons (Fsp3) is 0.556. The van der Waals surface area contributed by atoms with Crippen LogP contribution >= 0.6 is 15.9 Å². The molecule has 25 heavy (non-hydrogen) atoms. The standard InChI is InChI=1S/C18H25BrN2O4/c1-12(21-18(23)6-4-3-5-7-20-13(2)22)14-10-16-17(11-15(14)19)25-9-8-24-16/h10-12H,3-9H2,1-2H3,(H,20,22)(H,21,23). The summed E-state index contributed by atoms with van der Waals surface area (Å²) in [6.07, 6.45) is 3.08. The Bertz CT molecular complexity index is 621. The van der Waals surface area contributed by atoms with E-state index in [1.54, 1.807) is 0 Å². The molecule has 2 N–H and O–H groups in total. The number of rotatable bonds is 8. The second-order valence-electron chi connectivity index (χ2n) is 6.10. The van der Waals surface area contributed by atoms with Crippen LogP contribution in [0.3, 0.4) is 0 Å². The Morgan fingerprint density at radius 1 is 1.16 bits per heavy atom. The summed E-state index contributed by atoms with van der Waals surface area (Å²) in [6.45, 7) is 5.20. The monoisotopic (exact) mass is 412 g/mol. The lowest BCUT2D eigenvalue weighted by Crippen LogP contribution is -2.27. The van der Waals surface area contributed by atoms with Crippen molar-refractivity contribution < 1.29 is 19.1 Å². The molecule has 2 amide bonds. The van der Waals surface area contributed by atoms with Crippen LogP contribution in [0.1, 0.15) is 51.1 Å². The van der Waals surface area contributed by atoms with Crippen LogP contribution in [0, 0.1) is 0 Å². The van der Waals surface area contributed by atoms with E-state index in [1.165, 1.54) is 6.92 Å². The molecule has 1 heterocycles. The Kier molecular flexibility index (Phi) is 7.55. The van der Waals surface area contributed by atoms with Gasteiger partial charge in [-0.2, -0.15) is 0 Å². The predicted octanol–water partition coefficient (Wildman–Crippen LogP) is 3.09. The molecule has 0 bridgehead atoms. The lowest BCUT2D eigenvalue weighted by Gasteiger charge is -2.22. The molecular formula is C18H25BrN2O4. The molecule has 1 unspecified atom stereocenters. The van der Waals surface area contributed by atoms with Crippen LogP contribution in [0.5, 0.6) is 11.5 Å². The largest absolute Gasteiger partial charge is 0.486 e. The van der Waals surface area contributed by atoms with Gasteiger partial charge < -0.3 is 20.1 Å². The third-order valence-electron chi connectivity index (χ3n) is 3.96. The van der Waals surface area contributed by atoms with Gasteiger partial charge >= 0.3 is 0 Å². The number of nitrogens with one attached hydrogen (secondary N) is 2. The van der Waals surface area contributed by atoms with Gasteiger partial charge in [-0.1, -0.05) is 22.4 Å². The molecule has 0 aliphatic carbocycles. The van der Waals surface area contributed by atoms with Gasteiger partial charge in [-0.25, -0.2) is 0 Å². The Labute approximate surface area is 156 Å². The minimum Gasteiger partial charge on any atom is -0.486 e. The summed E-state index contributed by atoms with van der Waals surface area (Å²) in [7, 11) is 0. The molecule has 0 radical (unpaired) electrons. The van der Waals surface area contributed by atoms with Gasteiger partial charge in [0.1, 0.15) is 13.2 Å². The number of benzene rings is 1. The van der Waals surface area contributed by atoms with Crippen LogP contribution in [0.4, 0.5) is 0 Å². The summed E-state index contributed by atoms with van der Waals surface area (Å²) in [6, 6.07) is 3.67. The van der Waals surface area contributed by atoms with Crippen molar-refractivity contribution in [1.29, 1.82) is 0 Å². The average Bonchev–Trinajstić information content (AvgIpc) is 2.57. The molecule has 6 nitrogen and oxygen atoms in total.